The Bertz CT molecular complexity index is 279. The van der Waals surface area contributed by atoms with E-state index in [1.54, 1.807) is 6.08 Å². The largest absolute Gasteiger partial charge is 0.478 e. The highest BCUT2D eigenvalue weighted by Crippen LogP contribution is 2.08. The third-order valence-corrected chi connectivity index (χ3v) is 1.82. The zero-order valence-corrected chi connectivity index (χ0v) is 8.14. The molecule has 13 heavy (non-hydrogen) atoms. The van der Waals surface area contributed by atoms with Gasteiger partial charge in [-0.1, -0.05) is 30.3 Å². The van der Waals surface area contributed by atoms with E-state index >= 15 is 0 Å². The maximum Gasteiger partial charge on any atom is 0.333 e. The molecule has 0 aliphatic heterocycles. The molecule has 0 fully saturated rings. The number of carboxylic acid groups (broad SMARTS) is 1. The van der Waals surface area contributed by atoms with Crippen LogP contribution in [0.25, 0.3) is 0 Å². The molecule has 0 heterocycles. The molecule has 0 aromatic carbocycles. The van der Waals surface area contributed by atoms with Gasteiger partial charge in [0, 0.05) is 17.2 Å². The van der Waals surface area contributed by atoms with Crippen molar-refractivity contribution in [3.05, 3.63) is 35.0 Å². The number of carboxylic acids is 1. The Morgan fingerprint density at radius 2 is 2.23 bits per heavy atom. The Morgan fingerprint density at radius 3 is 2.62 bits per heavy atom. The highest BCUT2D eigenvalue weighted by atomic mass is 35.5. The molecule has 3 N–H and O–H groups in total. The summed E-state index contributed by atoms with van der Waals surface area (Å²) in [6.45, 7) is 4.90. The van der Waals surface area contributed by atoms with Gasteiger partial charge >= 0.3 is 5.97 Å². The second-order valence-corrected chi connectivity index (χ2v) is 2.89. The summed E-state index contributed by atoms with van der Waals surface area (Å²) in [7, 11) is 0. The molecule has 0 unspecified atom stereocenters. The number of aliphatic carboxylic acids is 1. The number of hydrogen-bond acceptors (Lipinski definition) is 2. The van der Waals surface area contributed by atoms with Gasteiger partial charge in [-0.2, -0.15) is 0 Å². The van der Waals surface area contributed by atoms with Gasteiger partial charge in [0.05, 0.1) is 5.57 Å². The van der Waals surface area contributed by atoms with Crippen molar-refractivity contribution in [2.45, 2.75) is 13.3 Å². The second-order valence-electron chi connectivity index (χ2n) is 2.45. The molecular formula is C9H12ClNO2. The molecule has 0 amide bonds. The molecule has 0 saturated heterocycles. The summed E-state index contributed by atoms with van der Waals surface area (Å²) >= 11 is 5.61. The van der Waals surface area contributed by atoms with Gasteiger partial charge in [0.1, 0.15) is 0 Å². The van der Waals surface area contributed by atoms with Crippen LogP contribution in [-0.4, -0.2) is 11.1 Å². The van der Waals surface area contributed by atoms with Crippen LogP contribution in [0.4, 0.5) is 0 Å². The van der Waals surface area contributed by atoms with Crippen molar-refractivity contribution in [3.8, 4) is 0 Å². The van der Waals surface area contributed by atoms with Gasteiger partial charge in [0.2, 0.25) is 0 Å². The number of nitrogens with two attached hydrogens (primary N) is 1. The van der Waals surface area contributed by atoms with Crippen LogP contribution in [-0.2, 0) is 4.79 Å². The predicted molar refractivity (Wildman–Crippen MR) is 53.3 cm³/mol. The molecule has 0 aliphatic rings. The molecule has 3 nitrogen and oxygen atoms in total. The summed E-state index contributed by atoms with van der Waals surface area (Å²) in [5.74, 6) is -1.01. The Balaban J connectivity index is 4.47. The van der Waals surface area contributed by atoms with Crippen molar-refractivity contribution in [3.63, 3.8) is 0 Å². The molecule has 0 atom stereocenters. The Kier molecular flexibility index (Phi) is 4.92. The summed E-state index contributed by atoms with van der Waals surface area (Å²) in [4.78, 5) is 10.4. The Morgan fingerprint density at radius 1 is 1.69 bits per heavy atom. The normalized spacial score (nSPS) is 13.5. The number of carbonyl (C=O) groups is 1. The lowest BCUT2D eigenvalue weighted by molar-refractivity contribution is -0.132. The minimum Gasteiger partial charge on any atom is -0.478 e. The molecule has 0 saturated carbocycles. The van der Waals surface area contributed by atoms with E-state index in [1.807, 2.05) is 0 Å². The van der Waals surface area contributed by atoms with E-state index in [0.29, 0.717) is 17.2 Å². The Labute approximate surface area is 82.2 Å². The van der Waals surface area contributed by atoms with Crippen LogP contribution in [0.3, 0.4) is 0 Å². The fourth-order valence-corrected chi connectivity index (χ4v) is 0.658. The van der Waals surface area contributed by atoms with Crippen LogP contribution in [0.5, 0.6) is 0 Å². The van der Waals surface area contributed by atoms with Gasteiger partial charge in [-0.15, -0.1) is 0 Å². The summed E-state index contributed by atoms with van der Waals surface area (Å²) in [5.41, 5.74) is 5.92. The van der Waals surface area contributed by atoms with Crippen LogP contribution in [0, 0.1) is 0 Å². The summed E-state index contributed by atoms with van der Waals surface area (Å²) < 4.78 is 0. The molecular weight excluding hydrogens is 190 g/mol. The van der Waals surface area contributed by atoms with E-state index < -0.39 is 5.97 Å². The van der Waals surface area contributed by atoms with Crippen molar-refractivity contribution in [1.29, 1.82) is 0 Å². The van der Waals surface area contributed by atoms with Crippen LogP contribution < -0.4 is 5.73 Å². The first-order valence-corrected chi connectivity index (χ1v) is 4.03. The number of hydrogen-bond donors (Lipinski definition) is 2. The lowest BCUT2D eigenvalue weighted by atomic mass is 10.2. The first-order chi connectivity index (χ1) is 5.99. The quantitative estimate of drug-likeness (QED) is 0.540. The minimum atomic E-state index is -1.01. The lowest BCUT2D eigenvalue weighted by Crippen LogP contribution is -2.07. The highest BCUT2D eigenvalue weighted by Gasteiger charge is 2.04. The highest BCUT2D eigenvalue weighted by molar-refractivity contribution is 6.31. The molecule has 0 rings (SSSR count). The minimum absolute atomic E-state index is 0.143. The zero-order chi connectivity index (χ0) is 10.4. The van der Waals surface area contributed by atoms with Crippen molar-refractivity contribution >= 4 is 17.6 Å². The van der Waals surface area contributed by atoms with Gasteiger partial charge in [0.15, 0.2) is 0 Å². The first-order valence-electron chi connectivity index (χ1n) is 3.65. The van der Waals surface area contributed by atoms with Crippen LogP contribution in [0.2, 0.25) is 0 Å². The van der Waals surface area contributed by atoms with Gasteiger partial charge < -0.3 is 10.8 Å². The van der Waals surface area contributed by atoms with Gasteiger partial charge in [0.25, 0.3) is 0 Å². The second kappa shape index (κ2) is 5.43. The molecule has 0 spiro atoms. The molecule has 0 aromatic heterocycles. The van der Waals surface area contributed by atoms with E-state index in [2.05, 4.69) is 6.58 Å². The fourth-order valence-electron chi connectivity index (χ4n) is 0.581. The molecule has 0 aromatic rings. The average molecular weight is 202 g/mol. The summed E-state index contributed by atoms with van der Waals surface area (Å²) in [5, 5.41) is 9.02. The molecule has 4 heteroatoms. The zero-order valence-electron chi connectivity index (χ0n) is 7.38. The number of rotatable bonds is 4. The van der Waals surface area contributed by atoms with E-state index in [1.165, 1.54) is 13.0 Å². The molecule has 0 aliphatic carbocycles. The Hall–Kier alpha value is -1.22. The van der Waals surface area contributed by atoms with Crippen molar-refractivity contribution in [2.24, 2.45) is 5.73 Å². The van der Waals surface area contributed by atoms with Crippen molar-refractivity contribution in [2.75, 3.05) is 0 Å². The maximum atomic E-state index is 10.4. The van der Waals surface area contributed by atoms with Gasteiger partial charge in [-0.05, 0) is 6.92 Å². The van der Waals surface area contributed by atoms with Gasteiger partial charge in [-0.3, -0.25) is 0 Å². The summed E-state index contributed by atoms with van der Waals surface area (Å²) in [6, 6.07) is 0. The monoisotopic (exact) mass is 201 g/mol. The number of allylic oxidation sites excluding steroid dienone is 3. The third-order valence-electron chi connectivity index (χ3n) is 1.51. The standard InChI is InChI=1S/C9H12ClNO2/c1-3-7(10)4-5-8(11)6(2)9(12)13/h3-4H,1,5,11H2,2H3,(H,12,13)/b7-4?,8-6-. The van der Waals surface area contributed by atoms with Crippen LogP contribution in [0.1, 0.15) is 13.3 Å². The van der Waals surface area contributed by atoms with E-state index in [-0.39, 0.29) is 5.57 Å². The topological polar surface area (TPSA) is 63.3 Å². The molecule has 0 bridgehead atoms. The van der Waals surface area contributed by atoms with Crippen LogP contribution >= 0.6 is 11.6 Å². The average Bonchev–Trinajstić information content (AvgIpc) is 2.11. The lowest BCUT2D eigenvalue weighted by Gasteiger charge is -1.99. The van der Waals surface area contributed by atoms with E-state index in [4.69, 9.17) is 22.4 Å². The van der Waals surface area contributed by atoms with E-state index in [0.717, 1.165) is 0 Å². The van der Waals surface area contributed by atoms with Crippen molar-refractivity contribution < 1.29 is 9.90 Å². The third kappa shape index (κ3) is 4.38. The number of halogens is 1. The molecule has 0 radical (unpaired) electrons. The summed E-state index contributed by atoms with van der Waals surface area (Å²) in [6.07, 6.45) is 3.39. The smallest absolute Gasteiger partial charge is 0.333 e. The van der Waals surface area contributed by atoms with Gasteiger partial charge in [-0.25, -0.2) is 4.79 Å². The van der Waals surface area contributed by atoms with E-state index in [9.17, 15) is 4.79 Å². The maximum absolute atomic E-state index is 10.4. The van der Waals surface area contributed by atoms with Crippen molar-refractivity contribution in [1.82, 2.24) is 0 Å². The molecule has 72 valence electrons. The predicted octanol–water partition coefficient (Wildman–Crippen LogP) is 2.00. The van der Waals surface area contributed by atoms with Crippen LogP contribution in [0.15, 0.2) is 35.0 Å². The SMILES string of the molecule is C=CC(Cl)=CC/C(N)=C(\C)C(=O)O. The fraction of sp³-hybridized carbons (Fsp3) is 0.222. The first kappa shape index (κ1) is 11.8.